The van der Waals surface area contributed by atoms with Crippen molar-refractivity contribution in [3.63, 3.8) is 0 Å². The number of carboxylic acids is 2. The normalized spacial score (nSPS) is 18.9. The third-order valence-electron chi connectivity index (χ3n) is 15.2. The number of halogens is 6. The van der Waals surface area contributed by atoms with Gasteiger partial charge in [0.15, 0.2) is 0 Å². The maximum atomic E-state index is 13.2. The average molecular weight is 1400 g/mol. The zero-order chi connectivity index (χ0) is 63.7. The van der Waals surface area contributed by atoms with Crippen LogP contribution in [0.4, 0.5) is 0 Å². The van der Waals surface area contributed by atoms with Crippen molar-refractivity contribution in [2.75, 3.05) is 39.4 Å². The highest BCUT2D eigenvalue weighted by Crippen LogP contribution is 2.34. The first kappa shape index (κ1) is 82.0. The van der Waals surface area contributed by atoms with Crippen LogP contribution in [0.15, 0.2) is 51.1 Å². The fourth-order valence-electron chi connectivity index (χ4n) is 10.5. The molecule has 87 heavy (non-hydrogen) atoms. The molecule has 0 spiro atoms. The van der Waals surface area contributed by atoms with Gasteiger partial charge in [0.1, 0.15) is 0 Å². The van der Waals surface area contributed by atoms with E-state index in [-0.39, 0.29) is 71.5 Å². The number of rotatable bonds is 19. The van der Waals surface area contributed by atoms with E-state index in [1.54, 1.807) is 83.1 Å². The van der Waals surface area contributed by atoms with Crippen molar-refractivity contribution < 1.29 is 64.1 Å². The summed E-state index contributed by atoms with van der Waals surface area (Å²) in [6, 6.07) is 10.3. The van der Waals surface area contributed by atoms with Crippen molar-refractivity contribution in [3.05, 3.63) is 84.8 Å². The number of hydrogen-bond acceptors (Lipinski definition) is 14. The lowest BCUT2D eigenvalue weighted by Gasteiger charge is -2.35. The van der Waals surface area contributed by atoms with E-state index in [9.17, 15) is 44.4 Å². The van der Waals surface area contributed by atoms with Crippen molar-refractivity contribution in [1.29, 1.82) is 0 Å². The van der Waals surface area contributed by atoms with Crippen LogP contribution in [0.2, 0.25) is 15.1 Å². The van der Waals surface area contributed by atoms with Crippen LogP contribution in [0.1, 0.15) is 176 Å². The summed E-state index contributed by atoms with van der Waals surface area (Å²) < 4.78 is 87.5. The van der Waals surface area contributed by atoms with E-state index in [4.69, 9.17) is 65.2 Å². The number of nitrogens with one attached hydrogen (secondary N) is 2. The Kier molecular flexibility index (Phi) is 38.4. The predicted molar refractivity (Wildman–Crippen MR) is 350 cm³/mol. The van der Waals surface area contributed by atoms with Gasteiger partial charge in [0, 0.05) is 88.7 Å². The fraction of sp³-hybridized carbons (Fsp3) is 0.633. The number of hydrogen-bond donors (Lipinski definition) is 4. The second-order valence-corrected chi connectivity index (χ2v) is 29.4. The molecule has 27 heteroatoms. The number of carbonyl (C=O) groups is 4. The lowest BCUT2D eigenvalue weighted by Crippen LogP contribution is -2.44. The van der Waals surface area contributed by atoms with Gasteiger partial charge >= 0.3 is 23.9 Å². The van der Waals surface area contributed by atoms with Gasteiger partial charge in [0.2, 0.25) is 20.0 Å². The van der Waals surface area contributed by atoms with E-state index in [0.717, 1.165) is 75.6 Å². The van der Waals surface area contributed by atoms with Crippen LogP contribution in [0, 0.1) is 41.5 Å². The molecule has 4 aliphatic heterocycles. The first-order valence-electron chi connectivity index (χ1n) is 29.4. The van der Waals surface area contributed by atoms with Gasteiger partial charge in [0.25, 0.3) is 9.05 Å². The molecule has 4 unspecified atom stereocenters. The molecule has 4 fully saturated rings. The van der Waals surface area contributed by atoms with Crippen molar-refractivity contribution in [2.24, 2.45) is 0 Å². The van der Waals surface area contributed by atoms with Gasteiger partial charge in [-0.05, 0) is 215 Å². The average Bonchev–Trinajstić information content (AvgIpc) is 1.08. The van der Waals surface area contributed by atoms with Gasteiger partial charge in [-0.1, -0.05) is 60.5 Å². The minimum absolute atomic E-state index is 0. The Labute approximate surface area is 549 Å². The van der Waals surface area contributed by atoms with E-state index >= 15 is 0 Å². The quantitative estimate of drug-likeness (QED) is 0.0642. The number of carbonyl (C=O) groups excluding carboxylic acids is 2. The Hall–Kier alpha value is -3.03. The molecule has 7 rings (SSSR count). The molecule has 4 N–H and O–H groups in total. The highest BCUT2D eigenvalue weighted by molar-refractivity contribution is 8.13. The summed E-state index contributed by atoms with van der Waals surface area (Å²) >= 11 is 18.0. The standard InChI is InChI=1S/C18H26ClNO4S.C16H22ClNO4S.C10H19NO2.C8H8Cl2O2S.C8H15NO2.2ClH/c1-4-24-18(21)9-8-15-7-5-6-10-20(15)25(22,23)17-12-13(2)16(19)11-14(17)3;1-11-10-15(12(2)9-14(11)17)23(21,22)18-8-4-3-5-13(18)6-7-16(19)20;1-2-13-10(12)7-6-9-5-3-4-8-11-9;1-5-4-8(13(10,11)12)6(2)3-7(5)9;10-8(11)5-4-7-3-1-2-6-9-7;;/h11-12,15H,4-10H2,1-3H3;9-10,13H,3-8H2,1-2H3,(H,19,20);9,11H,2-8H2,1H3;3-4H,1-2H3;7,9H,1-6H2,(H,10,11);2*1H. The van der Waals surface area contributed by atoms with Gasteiger partial charge in [0.05, 0.1) is 27.9 Å². The van der Waals surface area contributed by atoms with Crippen LogP contribution in [0.3, 0.4) is 0 Å². The van der Waals surface area contributed by atoms with Gasteiger partial charge in [-0.25, -0.2) is 25.3 Å². The van der Waals surface area contributed by atoms with E-state index in [0.29, 0.717) is 113 Å². The molecule has 0 radical (unpaired) electrons. The molecule has 4 saturated heterocycles. The van der Waals surface area contributed by atoms with Gasteiger partial charge in [-0.2, -0.15) is 8.61 Å². The molecular weight excluding hydrogens is 1310 g/mol. The van der Waals surface area contributed by atoms with E-state index in [1.165, 1.54) is 42.5 Å². The smallest absolute Gasteiger partial charge is 0.305 e. The summed E-state index contributed by atoms with van der Waals surface area (Å²) in [5.41, 5.74) is 3.98. The van der Waals surface area contributed by atoms with Crippen molar-refractivity contribution >= 4 is 123 Å². The van der Waals surface area contributed by atoms with E-state index in [2.05, 4.69) is 10.6 Å². The molecule has 0 saturated carbocycles. The number of carboxylic acid groups (broad SMARTS) is 2. The zero-order valence-electron chi connectivity index (χ0n) is 51.4. The second kappa shape index (κ2) is 40.7. The predicted octanol–water partition coefficient (Wildman–Crippen LogP) is 13.4. The molecule has 496 valence electrons. The van der Waals surface area contributed by atoms with Crippen LogP contribution in [0.25, 0.3) is 0 Å². The Morgan fingerprint density at radius 3 is 1.15 bits per heavy atom. The Bertz CT molecular complexity index is 3020. The largest absolute Gasteiger partial charge is 0.481 e. The molecule has 0 aliphatic carbocycles. The maximum Gasteiger partial charge on any atom is 0.305 e. The molecule has 4 aliphatic rings. The van der Waals surface area contributed by atoms with Crippen LogP contribution in [-0.4, -0.2) is 132 Å². The van der Waals surface area contributed by atoms with Crippen molar-refractivity contribution in [1.82, 2.24) is 19.2 Å². The minimum Gasteiger partial charge on any atom is -0.481 e. The third-order valence-corrected chi connectivity index (χ3v) is 22.0. The number of sulfonamides is 2. The molecule has 0 amide bonds. The van der Waals surface area contributed by atoms with E-state index in [1.807, 2.05) is 6.92 Å². The lowest BCUT2D eigenvalue weighted by molar-refractivity contribution is -0.144. The van der Waals surface area contributed by atoms with Crippen molar-refractivity contribution in [3.8, 4) is 0 Å². The fourth-order valence-corrected chi connectivity index (χ4v) is 16.4. The number of nitrogens with zero attached hydrogens (tertiary/aromatic N) is 2. The number of aliphatic carboxylic acids is 2. The summed E-state index contributed by atoms with van der Waals surface area (Å²) in [7, 11) is -5.71. The first-order valence-corrected chi connectivity index (χ1v) is 35.8. The Morgan fingerprint density at radius 2 is 0.805 bits per heavy atom. The van der Waals surface area contributed by atoms with Crippen LogP contribution in [0.5, 0.6) is 0 Å². The summed E-state index contributed by atoms with van der Waals surface area (Å²) in [6.07, 6.45) is 16.0. The number of aryl methyl sites for hydroxylation is 6. The Balaban J connectivity index is 0.000000561. The van der Waals surface area contributed by atoms with Gasteiger partial charge < -0.3 is 30.3 Å². The molecule has 3 aromatic carbocycles. The third kappa shape index (κ3) is 28.2. The van der Waals surface area contributed by atoms with Crippen LogP contribution < -0.4 is 10.6 Å². The summed E-state index contributed by atoms with van der Waals surface area (Å²) in [5.74, 6) is -1.91. The summed E-state index contributed by atoms with van der Waals surface area (Å²) in [5, 5.41) is 25.7. The monoisotopic (exact) mass is 1400 g/mol. The number of esters is 2. The zero-order valence-corrected chi connectivity index (χ0v) is 58.5. The molecule has 0 bridgehead atoms. The van der Waals surface area contributed by atoms with Crippen molar-refractivity contribution in [2.45, 2.75) is 223 Å². The number of benzene rings is 3. The summed E-state index contributed by atoms with van der Waals surface area (Å²) in [6.45, 7) is 18.0. The van der Waals surface area contributed by atoms with Crippen LogP contribution >= 0.6 is 70.3 Å². The van der Waals surface area contributed by atoms with Crippen LogP contribution in [-0.2, 0) is 57.7 Å². The first-order chi connectivity index (χ1) is 39.9. The molecule has 3 aromatic rings. The second-order valence-electron chi connectivity index (χ2n) is 21.9. The Morgan fingerprint density at radius 1 is 0.483 bits per heavy atom. The van der Waals surface area contributed by atoms with Gasteiger partial charge in [-0.3, -0.25) is 19.2 Å². The molecule has 18 nitrogen and oxygen atoms in total. The number of piperidine rings is 4. The molecule has 4 heterocycles. The number of ether oxygens (including phenoxy) is 2. The SMILES string of the molecule is CCOC(=O)CCC1CCCCN1.CCOC(=O)CCC1CCCCN1S(=O)(=O)c1cc(C)c(Cl)cc1C.Cc1cc(S(=O)(=O)Cl)c(C)cc1Cl.Cc1cc(S(=O)(=O)N2CCCCC2CCC(=O)O)c(C)cc1Cl.Cl.Cl.O=C(O)CCC1CCCCN1. The highest BCUT2D eigenvalue weighted by Gasteiger charge is 2.36. The lowest BCUT2D eigenvalue weighted by atomic mass is 10.0. The van der Waals surface area contributed by atoms with Gasteiger partial charge in [-0.15, -0.1) is 24.8 Å². The molecule has 0 aromatic heterocycles. The molecular formula is C60H92Cl6N4O14S3. The topological polar surface area (TPSA) is 260 Å². The minimum atomic E-state index is -3.66. The highest BCUT2D eigenvalue weighted by atomic mass is 35.7. The maximum absolute atomic E-state index is 13.2. The van der Waals surface area contributed by atoms with E-state index < -0.39 is 41.0 Å². The summed E-state index contributed by atoms with van der Waals surface area (Å²) in [4.78, 5) is 44.4. The molecule has 4 atom stereocenters.